The molecule has 0 amide bonds. The first-order valence-electron chi connectivity index (χ1n) is 3.63. The predicted octanol–water partition coefficient (Wildman–Crippen LogP) is 0.603. The van der Waals surface area contributed by atoms with Crippen molar-refractivity contribution < 1.29 is 9.90 Å². The molecular weight excluding hydrogens is 130 g/mol. The third-order valence-electron chi connectivity index (χ3n) is 2.35. The van der Waals surface area contributed by atoms with E-state index in [1.165, 1.54) is 0 Å². The minimum absolute atomic E-state index is 0.597. The van der Waals surface area contributed by atoms with Gasteiger partial charge in [-0.3, -0.25) is 4.79 Å². The number of carboxylic acids is 1. The summed E-state index contributed by atoms with van der Waals surface area (Å²) in [5.74, 6) is -0.701. The van der Waals surface area contributed by atoms with Crippen LogP contribution < -0.4 is 5.32 Å². The first kappa shape index (κ1) is 7.54. The van der Waals surface area contributed by atoms with Gasteiger partial charge in [0.1, 0.15) is 5.54 Å². The number of aliphatic carboxylic acids is 1. The molecule has 0 spiro atoms. The van der Waals surface area contributed by atoms with Crippen LogP contribution in [0.25, 0.3) is 0 Å². The first-order valence-corrected chi connectivity index (χ1v) is 3.63. The molecule has 0 radical (unpaired) electrons. The first-order chi connectivity index (χ1) is 4.71. The lowest BCUT2D eigenvalue weighted by Crippen LogP contribution is -2.47. The molecule has 0 saturated heterocycles. The molecule has 0 bridgehead atoms. The van der Waals surface area contributed by atoms with Crippen LogP contribution in [0.5, 0.6) is 0 Å². The fourth-order valence-electron chi connectivity index (χ4n) is 1.55. The number of nitrogens with one attached hydrogen (secondary N) is 1. The number of carbonyl (C=O) groups is 1. The van der Waals surface area contributed by atoms with Gasteiger partial charge in [-0.2, -0.15) is 0 Å². The van der Waals surface area contributed by atoms with Crippen LogP contribution in [0.4, 0.5) is 0 Å². The predicted molar refractivity (Wildman–Crippen MR) is 37.9 cm³/mol. The second-order valence-corrected chi connectivity index (χ2v) is 2.84. The van der Waals surface area contributed by atoms with Crippen molar-refractivity contribution in [2.45, 2.75) is 31.2 Å². The molecule has 0 aromatic rings. The third-order valence-corrected chi connectivity index (χ3v) is 2.35. The van der Waals surface area contributed by atoms with Gasteiger partial charge in [-0.05, 0) is 19.9 Å². The molecule has 0 aromatic carbocycles. The molecule has 1 aliphatic rings. The van der Waals surface area contributed by atoms with Crippen molar-refractivity contribution in [2.24, 2.45) is 0 Å². The standard InChI is InChI=1S/C7H13NO2/c1-8-7(6(9)10)4-2-3-5-7/h8H,2-5H2,1H3,(H,9,10). The highest BCUT2D eigenvalue weighted by atomic mass is 16.4. The van der Waals surface area contributed by atoms with Crippen molar-refractivity contribution >= 4 is 5.97 Å². The van der Waals surface area contributed by atoms with E-state index in [4.69, 9.17) is 5.11 Å². The molecule has 1 saturated carbocycles. The SMILES string of the molecule is CNC1(C(=O)O)CCCC1. The monoisotopic (exact) mass is 143 g/mol. The lowest BCUT2D eigenvalue weighted by Gasteiger charge is -2.22. The van der Waals surface area contributed by atoms with Crippen LogP contribution in [-0.4, -0.2) is 23.7 Å². The topological polar surface area (TPSA) is 49.3 Å². The maximum atomic E-state index is 10.7. The second kappa shape index (κ2) is 2.58. The minimum atomic E-state index is -0.701. The van der Waals surface area contributed by atoms with E-state index in [2.05, 4.69) is 5.32 Å². The maximum absolute atomic E-state index is 10.7. The maximum Gasteiger partial charge on any atom is 0.323 e. The Kier molecular flexibility index (Phi) is 1.94. The van der Waals surface area contributed by atoms with Gasteiger partial charge in [-0.25, -0.2) is 0 Å². The fourth-order valence-corrected chi connectivity index (χ4v) is 1.55. The van der Waals surface area contributed by atoms with E-state index in [0.717, 1.165) is 25.7 Å². The molecule has 3 nitrogen and oxygen atoms in total. The molecule has 0 aromatic heterocycles. The Morgan fingerprint density at radius 2 is 2.00 bits per heavy atom. The van der Waals surface area contributed by atoms with Gasteiger partial charge in [0, 0.05) is 0 Å². The molecule has 2 N–H and O–H groups in total. The molecule has 0 aliphatic heterocycles. The van der Waals surface area contributed by atoms with Crippen LogP contribution >= 0.6 is 0 Å². The molecule has 1 rings (SSSR count). The highest BCUT2D eigenvalue weighted by molar-refractivity contribution is 5.79. The number of hydrogen-bond donors (Lipinski definition) is 2. The zero-order valence-corrected chi connectivity index (χ0v) is 6.18. The van der Waals surface area contributed by atoms with E-state index in [9.17, 15) is 4.79 Å². The van der Waals surface area contributed by atoms with Crippen molar-refractivity contribution in [2.75, 3.05) is 7.05 Å². The fraction of sp³-hybridized carbons (Fsp3) is 0.857. The minimum Gasteiger partial charge on any atom is -0.480 e. The molecule has 0 unspecified atom stereocenters. The molecule has 58 valence electrons. The summed E-state index contributed by atoms with van der Waals surface area (Å²) in [6.45, 7) is 0. The van der Waals surface area contributed by atoms with Crippen LogP contribution in [0.15, 0.2) is 0 Å². The van der Waals surface area contributed by atoms with Gasteiger partial charge in [0.25, 0.3) is 0 Å². The average molecular weight is 143 g/mol. The van der Waals surface area contributed by atoms with Gasteiger partial charge in [-0.15, -0.1) is 0 Å². The Bertz CT molecular complexity index is 139. The Labute approximate surface area is 60.4 Å². The highest BCUT2D eigenvalue weighted by Gasteiger charge is 2.39. The van der Waals surface area contributed by atoms with Crippen molar-refractivity contribution in [3.63, 3.8) is 0 Å². The summed E-state index contributed by atoms with van der Waals surface area (Å²) in [7, 11) is 1.72. The van der Waals surface area contributed by atoms with Crippen molar-refractivity contribution in [3.8, 4) is 0 Å². The molecule has 1 fully saturated rings. The van der Waals surface area contributed by atoms with E-state index in [1.807, 2.05) is 0 Å². The Balaban J connectivity index is 2.67. The van der Waals surface area contributed by atoms with E-state index < -0.39 is 11.5 Å². The van der Waals surface area contributed by atoms with Crippen LogP contribution in [0, 0.1) is 0 Å². The van der Waals surface area contributed by atoms with Crippen molar-refractivity contribution in [3.05, 3.63) is 0 Å². The number of rotatable bonds is 2. The summed E-state index contributed by atoms with van der Waals surface area (Å²) >= 11 is 0. The highest BCUT2D eigenvalue weighted by Crippen LogP contribution is 2.29. The molecule has 0 atom stereocenters. The molecule has 0 heterocycles. The number of likely N-dealkylation sites (N-methyl/N-ethyl adjacent to an activating group) is 1. The van der Waals surface area contributed by atoms with E-state index in [-0.39, 0.29) is 0 Å². The van der Waals surface area contributed by atoms with Gasteiger partial charge in [0.2, 0.25) is 0 Å². The van der Waals surface area contributed by atoms with Gasteiger partial charge in [0.15, 0.2) is 0 Å². The average Bonchev–Trinajstić information content (AvgIpc) is 2.35. The van der Waals surface area contributed by atoms with E-state index in [1.54, 1.807) is 7.05 Å². The van der Waals surface area contributed by atoms with E-state index in [0.29, 0.717) is 0 Å². The molecule has 1 aliphatic carbocycles. The zero-order chi connectivity index (χ0) is 7.61. The summed E-state index contributed by atoms with van der Waals surface area (Å²) in [5, 5.41) is 11.7. The second-order valence-electron chi connectivity index (χ2n) is 2.84. The Morgan fingerprint density at radius 3 is 2.20 bits per heavy atom. The Morgan fingerprint density at radius 1 is 1.50 bits per heavy atom. The van der Waals surface area contributed by atoms with Crippen molar-refractivity contribution in [1.82, 2.24) is 5.32 Å². The normalized spacial score (nSPS) is 22.9. The largest absolute Gasteiger partial charge is 0.480 e. The summed E-state index contributed by atoms with van der Waals surface area (Å²) in [4.78, 5) is 10.7. The van der Waals surface area contributed by atoms with Crippen LogP contribution in [-0.2, 0) is 4.79 Å². The van der Waals surface area contributed by atoms with Gasteiger partial charge < -0.3 is 10.4 Å². The van der Waals surface area contributed by atoms with E-state index >= 15 is 0 Å². The van der Waals surface area contributed by atoms with Gasteiger partial charge >= 0.3 is 5.97 Å². The summed E-state index contributed by atoms with van der Waals surface area (Å²) in [6.07, 6.45) is 3.62. The Hall–Kier alpha value is -0.570. The van der Waals surface area contributed by atoms with Crippen molar-refractivity contribution in [1.29, 1.82) is 0 Å². The number of hydrogen-bond acceptors (Lipinski definition) is 2. The van der Waals surface area contributed by atoms with Crippen LogP contribution in [0.3, 0.4) is 0 Å². The van der Waals surface area contributed by atoms with Crippen LogP contribution in [0.2, 0.25) is 0 Å². The third kappa shape index (κ3) is 1.01. The van der Waals surface area contributed by atoms with Gasteiger partial charge in [-0.1, -0.05) is 12.8 Å². The lowest BCUT2D eigenvalue weighted by molar-refractivity contribution is -0.144. The summed E-state index contributed by atoms with van der Waals surface area (Å²) < 4.78 is 0. The smallest absolute Gasteiger partial charge is 0.323 e. The molecular formula is C7H13NO2. The summed E-state index contributed by atoms with van der Waals surface area (Å²) in [5.41, 5.74) is -0.597. The molecule has 3 heteroatoms. The van der Waals surface area contributed by atoms with Gasteiger partial charge in [0.05, 0.1) is 0 Å². The zero-order valence-electron chi connectivity index (χ0n) is 6.18. The lowest BCUT2D eigenvalue weighted by atomic mass is 9.99. The number of carboxylic acid groups (broad SMARTS) is 1. The summed E-state index contributed by atoms with van der Waals surface area (Å²) in [6, 6.07) is 0. The quantitative estimate of drug-likeness (QED) is 0.595. The molecule has 10 heavy (non-hydrogen) atoms. The van der Waals surface area contributed by atoms with Crippen LogP contribution in [0.1, 0.15) is 25.7 Å².